The first-order valence-electron chi connectivity index (χ1n) is 3.96. The third kappa shape index (κ3) is 1.07. The summed E-state index contributed by atoms with van der Waals surface area (Å²) in [5.74, 6) is 0.552. The molecule has 0 N–H and O–H groups in total. The molecule has 1 aliphatic heterocycles. The van der Waals surface area contributed by atoms with Crippen molar-refractivity contribution in [1.82, 2.24) is 0 Å². The van der Waals surface area contributed by atoms with Crippen molar-refractivity contribution in [1.29, 1.82) is 0 Å². The van der Waals surface area contributed by atoms with Gasteiger partial charge in [-0.3, -0.25) is 4.99 Å². The molecule has 0 amide bonds. The van der Waals surface area contributed by atoms with E-state index in [0.717, 1.165) is 0 Å². The van der Waals surface area contributed by atoms with Crippen molar-refractivity contribution in [3.63, 3.8) is 0 Å². The molecule has 2 rings (SSSR count). The topological polar surface area (TPSA) is 12.4 Å². The van der Waals surface area contributed by atoms with E-state index in [1.54, 1.807) is 0 Å². The lowest BCUT2D eigenvalue weighted by Gasteiger charge is -2.23. The molecule has 1 heteroatoms. The van der Waals surface area contributed by atoms with Crippen LogP contribution in [-0.4, -0.2) is 12.3 Å². The number of fused-ring (bicyclic) bond motifs is 1. The van der Waals surface area contributed by atoms with E-state index >= 15 is 0 Å². The zero-order valence-corrected chi connectivity index (χ0v) is 6.57. The lowest BCUT2D eigenvalue weighted by atomic mass is 9.89. The molecule has 56 valence electrons. The lowest BCUT2D eigenvalue weighted by molar-refractivity contribution is 0.608. The van der Waals surface area contributed by atoms with Crippen molar-refractivity contribution in [3.05, 3.63) is 36.0 Å². The van der Waals surface area contributed by atoms with Gasteiger partial charge in [-0.25, -0.2) is 0 Å². The van der Waals surface area contributed by atoms with Crippen molar-refractivity contribution in [3.8, 4) is 0 Å². The molecule has 0 saturated carbocycles. The van der Waals surface area contributed by atoms with E-state index in [-0.39, 0.29) is 0 Å². The largest absolute Gasteiger partial charge is 0.284 e. The van der Waals surface area contributed by atoms with Crippen LogP contribution in [0.2, 0.25) is 0 Å². The van der Waals surface area contributed by atoms with E-state index < -0.39 is 0 Å². The Kier molecular flexibility index (Phi) is 1.50. The van der Waals surface area contributed by atoms with Gasteiger partial charge < -0.3 is 0 Å². The number of rotatable bonds is 0. The Morgan fingerprint density at radius 2 is 2.27 bits per heavy atom. The quantitative estimate of drug-likeness (QED) is 0.495. The number of hydrogen-bond acceptors (Lipinski definition) is 1. The van der Waals surface area contributed by atoms with Crippen LogP contribution in [0, 0.1) is 5.92 Å². The van der Waals surface area contributed by atoms with Crippen molar-refractivity contribution < 1.29 is 0 Å². The Bertz CT molecular complexity index is 269. The SMILES string of the molecule is C[C@H]1C=CC=C2C=CC=NC21. The van der Waals surface area contributed by atoms with Crippen LogP contribution in [-0.2, 0) is 0 Å². The highest BCUT2D eigenvalue weighted by atomic mass is 14.8. The monoisotopic (exact) mass is 145 g/mol. The summed E-state index contributed by atoms with van der Waals surface area (Å²) < 4.78 is 0. The molecular formula is C10H11N. The first kappa shape index (κ1) is 6.59. The number of nitrogens with zero attached hydrogens (tertiary/aromatic N) is 1. The van der Waals surface area contributed by atoms with Crippen molar-refractivity contribution in [2.24, 2.45) is 10.9 Å². The zero-order chi connectivity index (χ0) is 7.68. The summed E-state index contributed by atoms with van der Waals surface area (Å²) in [5.41, 5.74) is 1.34. The maximum Gasteiger partial charge on any atom is 0.0808 e. The van der Waals surface area contributed by atoms with Gasteiger partial charge >= 0.3 is 0 Å². The van der Waals surface area contributed by atoms with Gasteiger partial charge in [0.15, 0.2) is 0 Å². The van der Waals surface area contributed by atoms with Crippen LogP contribution < -0.4 is 0 Å². The van der Waals surface area contributed by atoms with Crippen LogP contribution in [0.5, 0.6) is 0 Å². The molecule has 2 aliphatic rings. The molecule has 0 aromatic rings. The molecule has 0 spiro atoms. The van der Waals surface area contributed by atoms with Gasteiger partial charge in [0.2, 0.25) is 0 Å². The van der Waals surface area contributed by atoms with Gasteiger partial charge in [0.25, 0.3) is 0 Å². The predicted molar refractivity (Wildman–Crippen MR) is 47.8 cm³/mol. The van der Waals surface area contributed by atoms with Crippen molar-refractivity contribution in [2.45, 2.75) is 13.0 Å². The van der Waals surface area contributed by atoms with Gasteiger partial charge in [0.1, 0.15) is 0 Å². The summed E-state index contributed by atoms with van der Waals surface area (Å²) in [4.78, 5) is 4.40. The highest BCUT2D eigenvalue weighted by Gasteiger charge is 2.19. The zero-order valence-electron chi connectivity index (χ0n) is 6.57. The average Bonchev–Trinajstić information content (AvgIpc) is 2.06. The van der Waals surface area contributed by atoms with E-state index in [1.807, 2.05) is 12.3 Å². The van der Waals surface area contributed by atoms with E-state index in [4.69, 9.17) is 0 Å². The number of aliphatic imine (C=N–C) groups is 1. The molecule has 2 atom stereocenters. The number of allylic oxidation sites excluding steroid dienone is 3. The molecule has 0 aromatic heterocycles. The Hall–Kier alpha value is -1.11. The number of dihydropyridines is 1. The standard InChI is InChI=1S/C10H11N/c1-8-4-2-5-9-6-3-7-11-10(8)9/h2-8,10H,1H3/t8-,10?/m0/s1. The number of hydrogen-bond donors (Lipinski definition) is 0. The first-order valence-corrected chi connectivity index (χ1v) is 3.96. The first-order chi connectivity index (χ1) is 5.38. The molecule has 11 heavy (non-hydrogen) atoms. The van der Waals surface area contributed by atoms with Gasteiger partial charge in [0.05, 0.1) is 6.04 Å². The fourth-order valence-corrected chi connectivity index (χ4v) is 1.52. The summed E-state index contributed by atoms with van der Waals surface area (Å²) in [6.07, 6.45) is 12.5. The van der Waals surface area contributed by atoms with Crippen LogP contribution in [0.4, 0.5) is 0 Å². The smallest absolute Gasteiger partial charge is 0.0808 e. The Morgan fingerprint density at radius 3 is 3.09 bits per heavy atom. The van der Waals surface area contributed by atoms with Gasteiger partial charge in [-0.1, -0.05) is 31.2 Å². The normalized spacial score (nSPS) is 33.4. The second-order valence-electron chi connectivity index (χ2n) is 3.01. The predicted octanol–water partition coefficient (Wildman–Crippen LogP) is 2.13. The Labute approximate surface area is 66.8 Å². The third-order valence-corrected chi connectivity index (χ3v) is 2.16. The molecule has 1 heterocycles. The van der Waals surface area contributed by atoms with Crippen LogP contribution >= 0.6 is 0 Å². The van der Waals surface area contributed by atoms with Crippen LogP contribution in [0.25, 0.3) is 0 Å². The van der Waals surface area contributed by atoms with Crippen molar-refractivity contribution in [2.75, 3.05) is 0 Å². The van der Waals surface area contributed by atoms with E-state index in [0.29, 0.717) is 12.0 Å². The molecule has 0 fully saturated rings. The third-order valence-electron chi connectivity index (χ3n) is 2.16. The minimum atomic E-state index is 0.380. The Balaban J connectivity index is 2.35. The second kappa shape index (κ2) is 2.50. The Morgan fingerprint density at radius 1 is 1.36 bits per heavy atom. The maximum absolute atomic E-state index is 4.40. The van der Waals surface area contributed by atoms with Gasteiger partial charge in [-0.05, 0) is 11.6 Å². The summed E-state index contributed by atoms with van der Waals surface area (Å²) in [6, 6.07) is 0.380. The summed E-state index contributed by atoms with van der Waals surface area (Å²) in [5, 5.41) is 0. The fourth-order valence-electron chi connectivity index (χ4n) is 1.52. The van der Waals surface area contributed by atoms with Gasteiger partial charge in [-0.2, -0.15) is 0 Å². The molecule has 0 radical (unpaired) electrons. The van der Waals surface area contributed by atoms with Gasteiger partial charge in [-0.15, -0.1) is 0 Å². The average molecular weight is 145 g/mol. The summed E-state index contributed by atoms with van der Waals surface area (Å²) in [6.45, 7) is 2.20. The summed E-state index contributed by atoms with van der Waals surface area (Å²) in [7, 11) is 0. The van der Waals surface area contributed by atoms with Crippen LogP contribution in [0.15, 0.2) is 40.9 Å². The van der Waals surface area contributed by atoms with Gasteiger partial charge in [0, 0.05) is 12.1 Å². The van der Waals surface area contributed by atoms with E-state index in [9.17, 15) is 0 Å². The van der Waals surface area contributed by atoms with E-state index in [2.05, 4.69) is 36.2 Å². The molecule has 1 nitrogen and oxygen atoms in total. The molecule has 0 saturated heterocycles. The highest BCUT2D eigenvalue weighted by molar-refractivity contribution is 5.74. The van der Waals surface area contributed by atoms with Crippen LogP contribution in [0.3, 0.4) is 0 Å². The van der Waals surface area contributed by atoms with E-state index in [1.165, 1.54) is 5.57 Å². The molecule has 1 aliphatic carbocycles. The maximum atomic E-state index is 4.40. The molecular weight excluding hydrogens is 134 g/mol. The van der Waals surface area contributed by atoms with Crippen molar-refractivity contribution >= 4 is 6.21 Å². The molecule has 1 unspecified atom stereocenters. The lowest BCUT2D eigenvalue weighted by Crippen LogP contribution is -2.19. The van der Waals surface area contributed by atoms with Crippen LogP contribution in [0.1, 0.15) is 6.92 Å². The fraction of sp³-hybridized carbons (Fsp3) is 0.300. The minimum absolute atomic E-state index is 0.380. The second-order valence-corrected chi connectivity index (χ2v) is 3.01. The minimum Gasteiger partial charge on any atom is -0.284 e. The molecule has 0 aromatic carbocycles. The highest BCUT2D eigenvalue weighted by Crippen LogP contribution is 2.24. The summed E-state index contributed by atoms with van der Waals surface area (Å²) >= 11 is 0. The molecule has 0 bridgehead atoms.